The molecule has 0 saturated heterocycles. The van der Waals surface area contributed by atoms with Crippen LogP contribution in [0, 0.1) is 0 Å². The van der Waals surface area contributed by atoms with Gasteiger partial charge in [0.1, 0.15) is 0 Å². The molecule has 0 aliphatic carbocycles. The third-order valence-electron chi connectivity index (χ3n) is 10.3. The number of aromatic nitrogens is 3. The summed E-state index contributed by atoms with van der Waals surface area (Å²) < 4.78 is 0. The average molecular weight is 688 g/mol. The van der Waals surface area contributed by atoms with Crippen molar-refractivity contribution in [3.8, 4) is 67.5 Å². The average Bonchev–Trinajstić information content (AvgIpc) is 3.26. The van der Waals surface area contributed by atoms with E-state index in [1.54, 1.807) is 0 Å². The van der Waals surface area contributed by atoms with Gasteiger partial charge in [-0.25, -0.2) is 15.0 Å². The lowest BCUT2D eigenvalue weighted by molar-refractivity contribution is 1.07. The van der Waals surface area contributed by atoms with Crippen molar-refractivity contribution >= 4 is 32.3 Å². The van der Waals surface area contributed by atoms with Crippen LogP contribution < -0.4 is 0 Å². The van der Waals surface area contributed by atoms with Gasteiger partial charge in [0.2, 0.25) is 0 Å². The topological polar surface area (TPSA) is 38.7 Å². The van der Waals surface area contributed by atoms with E-state index in [1.165, 1.54) is 37.9 Å². The Morgan fingerprint density at radius 3 is 1.28 bits per heavy atom. The molecule has 0 saturated carbocycles. The quantitative estimate of drug-likeness (QED) is 0.129. The predicted octanol–water partition coefficient (Wildman–Crippen LogP) is 13.3. The Bertz CT molecular complexity index is 2900. The van der Waals surface area contributed by atoms with E-state index in [-0.39, 0.29) is 0 Å². The molecule has 0 N–H and O–H groups in total. The smallest absolute Gasteiger partial charge is 0.164 e. The molecule has 10 rings (SSSR count). The van der Waals surface area contributed by atoms with E-state index < -0.39 is 0 Å². The highest BCUT2D eigenvalue weighted by Crippen LogP contribution is 2.41. The molecular weight excluding hydrogens is 655 g/mol. The summed E-state index contributed by atoms with van der Waals surface area (Å²) in [6, 6.07) is 70.6. The zero-order valence-corrected chi connectivity index (χ0v) is 29.4. The van der Waals surface area contributed by atoms with Crippen molar-refractivity contribution in [1.82, 2.24) is 15.0 Å². The molecule has 0 fully saturated rings. The van der Waals surface area contributed by atoms with Gasteiger partial charge in [-0.05, 0) is 90.0 Å². The summed E-state index contributed by atoms with van der Waals surface area (Å²) in [6.45, 7) is 0. The van der Waals surface area contributed by atoms with Gasteiger partial charge in [-0.1, -0.05) is 176 Å². The molecule has 3 nitrogen and oxygen atoms in total. The molecule has 1 heterocycles. The fraction of sp³-hybridized carbons (Fsp3) is 0. The van der Waals surface area contributed by atoms with E-state index in [2.05, 4.69) is 170 Å². The summed E-state index contributed by atoms with van der Waals surface area (Å²) in [5.41, 5.74) is 9.67. The van der Waals surface area contributed by atoms with Gasteiger partial charge >= 0.3 is 0 Å². The molecule has 0 spiro atoms. The van der Waals surface area contributed by atoms with Crippen LogP contribution in [-0.4, -0.2) is 15.0 Å². The van der Waals surface area contributed by atoms with Crippen LogP contribution in [0.4, 0.5) is 0 Å². The van der Waals surface area contributed by atoms with Crippen molar-refractivity contribution in [2.75, 3.05) is 0 Å². The Hall–Kier alpha value is -7.23. The van der Waals surface area contributed by atoms with Crippen LogP contribution in [0.2, 0.25) is 0 Å². The van der Waals surface area contributed by atoms with Crippen molar-refractivity contribution in [2.45, 2.75) is 0 Å². The minimum Gasteiger partial charge on any atom is -0.208 e. The molecule has 3 heteroatoms. The highest BCUT2D eigenvalue weighted by Gasteiger charge is 2.17. The first-order valence-corrected chi connectivity index (χ1v) is 18.3. The van der Waals surface area contributed by atoms with E-state index >= 15 is 0 Å². The number of fused-ring (bicyclic) bond motifs is 4. The van der Waals surface area contributed by atoms with Crippen LogP contribution >= 0.6 is 0 Å². The molecule has 9 aromatic carbocycles. The van der Waals surface area contributed by atoms with Crippen LogP contribution in [0.1, 0.15) is 0 Å². The Labute approximate surface area is 313 Å². The molecule has 0 atom stereocenters. The van der Waals surface area contributed by atoms with Crippen molar-refractivity contribution < 1.29 is 0 Å². The van der Waals surface area contributed by atoms with Crippen LogP contribution in [0.3, 0.4) is 0 Å². The standard InChI is InChI=1S/C51H33N3/c1-4-14-34(15-5-1)42-31-43(35-16-6-2-7-17-35)33-44(32-42)51-53-49(38-19-8-3-9-20-38)52-50(54-51)39-27-25-37(26-28-39)47-46-23-13-11-21-40(46)30-41-29-24-36-18-10-12-22-45(36)48(41)47/h1-33H. The molecule has 0 amide bonds. The normalized spacial score (nSPS) is 11.3. The lowest BCUT2D eigenvalue weighted by atomic mass is 9.89. The molecular formula is C51H33N3. The zero-order valence-electron chi connectivity index (χ0n) is 29.4. The first kappa shape index (κ1) is 31.5. The maximum atomic E-state index is 5.19. The molecule has 10 aromatic rings. The summed E-state index contributed by atoms with van der Waals surface area (Å²) in [6.07, 6.45) is 0. The van der Waals surface area contributed by atoms with Gasteiger partial charge in [0, 0.05) is 16.7 Å². The van der Waals surface area contributed by atoms with Crippen molar-refractivity contribution in [3.05, 3.63) is 200 Å². The molecule has 0 bridgehead atoms. The Morgan fingerprint density at radius 2 is 0.667 bits per heavy atom. The Morgan fingerprint density at radius 1 is 0.241 bits per heavy atom. The van der Waals surface area contributed by atoms with Crippen molar-refractivity contribution in [1.29, 1.82) is 0 Å². The second-order valence-electron chi connectivity index (χ2n) is 13.6. The first-order chi connectivity index (χ1) is 26.7. The summed E-state index contributed by atoms with van der Waals surface area (Å²) in [4.78, 5) is 15.4. The van der Waals surface area contributed by atoms with E-state index in [0.717, 1.165) is 44.5 Å². The molecule has 54 heavy (non-hydrogen) atoms. The zero-order chi connectivity index (χ0) is 35.8. The minimum atomic E-state index is 0.629. The Kier molecular flexibility index (Phi) is 7.81. The molecule has 0 aliphatic rings. The SMILES string of the molecule is c1ccc(-c2cc(-c3ccccc3)cc(-c3nc(-c4ccccc4)nc(-c4ccc(-c5c6ccccc6cc6ccc7ccccc7c56)cc4)n3)c2)cc1. The fourth-order valence-corrected chi connectivity index (χ4v) is 7.63. The van der Waals surface area contributed by atoms with Crippen LogP contribution in [0.5, 0.6) is 0 Å². The summed E-state index contributed by atoms with van der Waals surface area (Å²) in [5.74, 6) is 1.90. The highest BCUT2D eigenvalue weighted by molar-refractivity contribution is 6.21. The van der Waals surface area contributed by atoms with Gasteiger partial charge in [0.15, 0.2) is 17.5 Å². The first-order valence-electron chi connectivity index (χ1n) is 18.3. The van der Waals surface area contributed by atoms with Gasteiger partial charge in [0.25, 0.3) is 0 Å². The van der Waals surface area contributed by atoms with Gasteiger partial charge in [-0.3, -0.25) is 0 Å². The second kappa shape index (κ2) is 13.4. The van der Waals surface area contributed by atoms with E-state index in [9.17, 15) is 0 Å². The van der Waals surface area contributed by atoms with Crippen LogP contribution in [0.25, 0.3) is 99.9 Å². The summed E-state index contributed by atoms with van der Waals surface area (Å²) in [7, 11) is 0. The van der Waals surface area contributed by atoms with Crippen LogP contribution in [0.15, 0.2) is 200 Å². The molecule has 0 aliphatic heterocycles. The number of hydrogen-bond donors (Lipinski definition) is 0. The van der Waals surface area contributed by atoms with Crippen molar-refractivity contribution in [2.24, 2.45) is 0 Å². The van der Waals surface area contributed by atoms with Crippen LogP contribution in [-0.2, 0) is 0 Å². The molecule has 0 radical (unpaired) electrons. The summed E-state index contributed by atoms with van der Waals surface area (Å²) in [5, 5.41) is 7.43. The number of rotatable bonds is 6. The minimum absolute atomic E-state index is 0.629. The second-order valence-corrected chi connectivity index (χ2v) is 13.6. The van der Waals surface area contributed by atoms with E-state index in [1.807, 2.05) is 30.3 Å². The van der Waals surface area contributed by atoms with Gasteiger partial charge in [0.05, 0.1) is 0 Å². The highest BCUT2D eigenvalue weighted by atomic mass is 15.0. The lowest BCUT2D eigenvalue weighted by Gasteiger charge is -2.15. The monoisotopic (exact) mass is 687 g/mol. The largest absolute Gasteiger partial charge is 0.208 e. The number of hydrogen-bond acceptors (Lipinski definition) is 3. The molecule has 0 unspecified atom stereocenters. The number of benzene rings is 9. The van der Waals surface area contributed by atoms with Gasteiger partial charge < -0.3 is 0 Å². The summed E-state index contributed by atoms with van der Waals surface area (Å²) >= 11 is 0. The fourth-order valence-electron chi connectivity index (χ4n) is 7.63. The molecule has 252 valence electrons. The van der Waals surface area contributed by atoms with Crippen molar-refractivity contribution in [3.63, 3.8) is 0 Å². The maximum absolute atomic E-state index is 5.19. The third kappa shape index (κ3) is 5.78. The van der Waals surface area contributed by atoms with E-state index in [0.29, 0.717) is 17.5 Å². The maximum Gasteiger partial charge on any atom is 0.164 e. The number of nitrogens with zero attached hydrogens (tertiary/aromatic N) is 3. The molecule has 1 aromatic heterocycles. The lowest BCUT2D eigenvalue weighted by Crippen LogP contribution is -2.00. The van der Waals surface area contributed by atoms with Gasteiger partial charge in [-0.2, -0.15) is 0 Å². The van der Waals surface area contributed by atoms with E-state index in [4.69, 9.17) is 15.0 Å². The predicted molar refractivity (Wildman–Crippen MR) is 225 cm³/mol. The third-order valence-corrected chi connectivity index (χ3v) is 10.3. The van der Waals surface area contributed by atoms with Gasteiger partial charge in [-0.15, -0.1) is 0 Å². The Balaban J connectivity index is 1.15.